The van der Waals surface area contributed by atoms with Crippen molar-refractivity contribution in [2.75, 3.05) is 11.5 Å². The smallest absolute Gasteiger partial charge is 0.266 e. The number of benzene rings is 2. The van der Waals surface area contributed by atoms with Gasteiger partial charge in [0.15, 0.2) is 0 Å². The number of fused-ring (bicyclic) bond motifs is 1. The summed E-state index contributed by atoms with van der Waals surface area (Å²) in [5.41, 5.74) is 1.37. The van der Waals surface area contributed by atoms with Crippen LogP contribution in [0.5, 0.6) is 5.75 Å². The van der Waals surface area contributed by atoms with E-state index in [0.717, 1.165) is 11.3 Å². The largest absolute Gasteiger partial charge is 0.494 e. The Hall–Kier alpha value is -3.15. The molecule has 0 aliphatic carbocycles. The number of rotatable bonds is 6. The van der Waals surface area contributed by atoms with Crippen LogP contribution in [0.25, 0.3) is 0 Å². The fraction of sp³-hybridized carbons (Fsp3) is 0.286. The van der Waals surface area contributed by atoms with Gasteiger partial charge >= 0.3 is 0 Å². The second-order valence-electron chi connectivity index (χ2n) is 6.42. The molecule has 1 unspecified atom stereocenters. The lowest BCUT2D eigenvalue weighted by Crippen LogP contribution is -2.32. The lowest BCUT2D eigenvalue weighted by atomic mass is 10.0. The summed E-state index contributed by atoms with van der Waals surface area (Å²) in [6, 6.07) is 11.4. The second-order valence-corrected chi connectivity index (χ2v) is 6.42. The molecule has 27 heavy (non-hydrogen) atoms. The molecule has 0 aromatic heterocycles. The fourth-order valence-electron chi connectivity index (χ4n) is 2.88. The maximum atomic E-state index is 12.8. The zero-order valence-corrected chi connectivity index (χ0v) is 15.6. The number of imide groups is 1. The highest BCUT2D eigenvalue weighted by molar-refractivity contribution is 6.34. The zero-order chi connectivity index (χ0) is 19.6. The van der Waals surface area contributed by atoms with E-state index in [-0.39, 0.29) is 17.5 Å². The standard InChI is InChI=1S/C21H22N2O4/c1-4-13(3)22-19(24)14-6-11-17-18(12-14)21(26)23(20(17)25)15-7-9-16(10-8-15)27-5-2/h6-13H,4-5H2,1-3H3,(H,22,24). The highest BCUT2D eigenvalue weighted by Crippen LogP contribution is 2.30. The molecule has 0 spiro atoms. The number of nitrogens with zero attached hydrogens (tertiary/aromatic N) is 1. The van der Waals surface area contributed by atoms with Gasteiger partial charge in [0.05, 0.1) is 23.4 Å². The van der Waals surface area contributed by atoms with Gasteiger partial charge in [-0.2, -0.15) is 0 Å². The van der Waals surface area contributed by atoms with Gasteiger partial charge in [-0.15, -0.1) is 0 Å². The molecule has 3 amide bonds. The topological polar surface area (TPSA) is 75.7 Å². The van der Waals surface area contributed by atoms with Gasteiger partial charge in [0, 0.05) is 11.6 Å². The Bertz CT molecular complexity index is 890. The SMILES string of the molecule is CCOc1ccc(N2C(=O)c3ccc(C(=O)NC(C)CC)cc3C2=O)cc1. The van der Waals surface area contributed by atoms with Crippen LogP contribution in [0.15, 0.2) is 42.5 Å². The third-order valence-corrected chi connectivity index (χ3v) is 4.54. The lowest BCUT2D eigenvalue weighted by molar-refractivity contribution is 0.0921. The van der Waals surface area contributed by atoms with Crippen LogP contribution < -0.4 is 15.0 Å². The van der Waals surface area contributed by atoms with E-state index in [1.54, 1.807) is 30.3 Å². The molecule has 1 heterocycles. The molecular formula is C21H22N2O4. The van der Waals surface area contributed by atoms with Gasteiger partial charge in [0.1, 0.15) is 5.75 Å². The van der Waals surface area contributed by atoms with Crippen LogP contribution in [0.1, 0.15) is 58.3 Å². The van der Waals surface area contributed by atoms with Gasteiger partial charge < -0.3 is 10.1 Å². The molecule has 1 aliphatic heterocycles. The summed E-state index contributed by atoms with van der Waals surface area (Å²) in [5.74, 6) is -0.417. The number of carbonyl (C=O) groups is 3. The van der Waals surface area contributed by atoms with Gasteiger partial charge in [0.25, 0.3) is 17.7 Å². The summed E-state index contributed by atoms with van der Waals surface area (Å²) in [5, 5.41) is 2.86. The number of carbonyl (C=O) groups excluding carboxylic acids is 3. The number of anilines is 1. The van der Waals surface area contributed by atoms with Gasteiger partial charge in [-0.3, -0.25) is 14.4 Å². The molecule has 2 aromatic carbocycles. The highest BCUT2D eigenvalue weighted by atomic mass is 16.5. The van der Waals surface area contributed by atoms with E-state index in [4.69, 9.17) is 4.74 Å². The van der Waals surface area contributed by atoms with Gasteiger partial charge in [-0.05, 0) is 62.7 Å². The van der Waals surface area contributed by atoms with Crippen LogP contribution in [0.4, 0.5) is 5.69 Å². The first-order valence-corrected chi connectivity index (χ1v) is 9.02. The van der Waals surface area contributed by atoms with Crippen LogP contribution >= 0.6 is 0 Å². The van der Waals surface area contributed by atoms with E-state index in [9.17, 15) is 14.4 Å². The number of ether oxygens (including phenoxy) is 1. The molecule has 1 N–H and O–H groups in total. The van der Waals surface area contributed by atoms with Gasteiger partial charge in [-0.1, -0.05) is 6.92 Å². The third kappa shape index (κ3) is 3.56. The molecule has 0 saturated carbocycles. The number of amides is 3. The first kappa shape index (κ1) is 18.6. The summed E-state index contributed by atoms with van der Waals surface area (Å²) < 4.78 is 5.39. The molecule has 0 saturated heterocycles. The first-order chi connectivity index (χ1) is 13.0. The Morgan fingerprint density at radius 1 is 1.04 bits per heavy atom. The fourth-order valence-corrected chi connectivity index (χ4v) is 2.88. The molecule has 6 nitrogen and oxygen atoms in total. The van der Waals surface area contributed by atoms with Crippen molar-refractivity contribution >= 4 is 23.4 Å². The molecule has 1 atom stereocenters. The average molecular weight is 366 g/mol. The molecule has 0 bridgehead atoms. The summed E-state index contributed by atoms with van der Waals surface area (Å²) in [6.07, 6.45) is 0.805. The summed E-state index contributed by atoms with van der Waals surface area (Å²) >= 11 is 0. The minimum atomic E-state index is -0.433. The molecule has 3 rings (SSSR count). The van der Waals surface area contributed by atoms with Crippen LogP contribution in [0.3, 0.4) is 0 Å². The summed E-state index contributed by atoms with van der Waals surface area (Å²) in [6.45, 7) is 6.30. The normalized spacial score (nSPS) is 14.1. The predicted molar refractivity (Wildman–Crippen MR) is 102 cm³/mol. The Kier molecular flexibility index (Phi) is 5.26. The highest BCUT2D eigenvalue weighted by Gasteiger charge is 2.37. The molecule has 0 radical (unpaired) electrons. The molecule has 0 fully saturated rings. The van der Waals surface area contributed by atoms with E-state index in [2.05, 4.69) is 5.32 Å². The van der Waals surface area contributed by atoms with Crippen molar-refractivity contribution in [3.05, 3.63) is 59.2 Å². The molecule has 2 aromatic rings. The molecule has 1 aliphatic rings. The van der Waals surface area contributed by atoms with E-state index >= 15 is 0 Å². The van der Waals surface area contributed by atoms with Crippen LogP contribution in [0, 0.1) is 0 Å². The van der Waals surface area contributed by atoms with E-state index < -0.39 is 11.8 Å². The van der Waals surface area contributed by atoms with Crippen molar-refractivity contribution in [3.63, 3.8) is 0 Å². The van der Waals surface area contributed by atoms with Crippen molar-refractivity contribution in [1.29, 1.82) is 0 Å². The van der Waals surface area contributed by atoms with Gasteiger partial charge in [0.2, 0.25) is 0 Å². The minimum absolute atomic E-state index is 0.0310. The first-order valence-electron chi connectivity index (χ1n) is 9.02. The van der Waals surface area contributed by atoms with Crippen molar-refractivity contribution < 1.29 is 19.1 Å². The predicted octanol–water partition coefficient (Wildman–Crippen LogP) is 3.41. The molecule has 140 valence electrons. The van der Waals surface area contributed by atoms with Crippen molar-refractivity contribution in [1.82, 2.24) is 5.32 Å². The number of hydrogen-bond acceptors (Lipinski definition) is 4. The van der Waals surface area contributed by atoms with Crippen LogP contribution in [-0.4, -0.2) is 30.4 Å². The van der Waals surface area contributed by atoms with Crippen molar-refractivity contribution in [3.8, 4) is 5.75 Å². The molecule has 6 heteroatoms. The zero-order valence-electron chi connectivity index (χ0n) is 15.6. The van der Waals surface area contributed by atoms with Crippen LogP contribution in [-0.2, 0) is 0 Å². The third-order valence-electron chi connectivity index (χ3n) is 4.54. The maximum absolute atomic E-state index is 12.8. The number of nitrogens with one attached hydrogen (secondary N) is 1. The monoisotopic (exact) mass is 366 g/mol. The Labute approximate surface area is 158 Å². The van der Waals surface area contributed by atoms with E-state index in [0.29, 0.717) is 29.2 Å². The Morgan fingerprint density at radius 2 is 1.70 bits per heavy atom. The quantitative estimate of drug-likeness (QED) is 0.795. The average Bonchev–Trinajstić information content (AvgIpc) is 2.93. The lowest BCUT2D eigenvalue weighted by Gasteiger charge is -2.14. The van der Waals surface area contributed by atoms with Crippen molar-refractivity contribution in [2.24, 2.45) is 0 Å². The van der Waals surface area contributed by atoms with E-state index in [1.165, 1.54) is 12.1 Å². The summed E-state index contributed by atoms with van der Waals surface area (Å²) in [7, 11) is 0. The van der Waals surface area contributed by atoms with E-state index in [1.807, 2.05) is 20.8 Å². The molecular weight excluding hydrogens is 344 g/mol. The minimum Gasteiger partial charge on any atom is -0.494 e. The van der Waals surface area contributed by atoms with Crippen LogP contribution in [0.2, 0.25) is 0 Å². The second kappa shape index (κ2) is 7.61. The maximum Gasteiger partial charge on any atom is 0.266 e. The van der Waals surface area contributed by atoms with Gasteiger partial charge in [-0.25, -0.2) is 4.90 Å². The Morgan fingerprint density at radius 3 is 2.33 bits per heavy atom. The Balaban J connectivity index is 1.88. The summed E-state index contributed by atoms with van der Waals surface area (Å²) in [4.78, 5) is 38.9. The number of hydrogen-bond donors (Lipinski definition) is 1. The van der Waals surface area contributed by atoms with Crippen molar-refractivity contribution in [2.45, 2.75) is 33.2 Å².